The summed E-state index contributed by atoms with van der Waals surface area (Å²) in [5.41, 5.74) is 2.90. The second kappa shape index (κ2) is 7.28. The summed E-state index contributed by atoms with van der Waals surface area (Å²) in [4.78, 5) is 14.2. The van der Waals surface area contributed by atoms with E-state index >= 15 is 0 Å². The number of fused-ring (bicyclic) bond motifs is 3. The van der Waals surface area contributed by atoms with Crippen molar-refractivity contribution in [3.63, 3.8) is 0 Å². The fourth-order valence-electron chi connectivity index (χ4n) is 3.15. The Bertz CT molecular complexity index is 918. The first kappa shape index (κ1) is 16.8. The Hall–Kier alpha value is -1.69. The lowest BCUT2D eigenvalue weighted by molar-refractivity contribution is -0.128. The molecule has 6 heteroatoms. The van der Waals surface area contributed by atoms with Gasteiger partial charge in [-0.25, -0.2) is 0 Å². The van der Waals surface area contributed by atoms with Crippen molar-refractivity contribution in [2.45, 2.75) is 5.75 Å². The zero-order chi connectivity index (χ0) is 17.2. The number of thioether (sulfide) groups is 1. The number of amides is 1. The Morgan fingerprint density at radius 3 is 2.64 bits per heavy atom. The van der Waals surface area contributed by atoms with Crippen LogP contribution >= 0.6 is 23.4 Å². The summed E-state index contributed by atoms with van der Waals surface area (Å²) >= 11 is 7.78. The summed E-state index contributed by atoms with van der Waals surface area (Å²) in [5, 5.41) is 6.08. The third kappa shape index (κ3) is 3.64. The maximum atomic E-state index is 12.2. The number of nitrogens with zero attached hydrogens (tertiary/aromatic N) is 1. The zero-order valence-corrected chi connectivity index (χ0v) is 15.3. The Labute approximate surface area is 155 Å². The van der Waals surface area contributed by atoms with Crippen LogP contribution in [0.1, 0.15) is 5.56 Å². The Morgan fingerprint density at radius 1 is 1.12 bits per heavy atom. The van der Waals surface area contributed by atoms with Crippen molar-refractivity contribution in [3.8, 4) is 0 Å². The first-order valence-electron chi connectivity index (χ1n) is 8.38. The first-order chi connectivity index (χ1) is 12.2. The normalized spacial score (nSPS) is 15.2. The monoisotopic (exact) mass is 374 g/mol. The van der Waals surface area contributed by atoms with E-state index in [1.54, 1.807) is 11.8 Å². The van der Waals surface area contributed by atoms with E-state index in [4.69, 9.17) is 16.0 Å². The van der Waals surface area contributed by atoms with Gasteiger partial charge in [0, 0.05) is 47.7 Å². The fraction of sp³-hybridized carbons (Fsp3) is 0.316. The lowest BCUT2D eigenvalue weighted by Gasteiger charge is -2.27. The van der Waals surface area contributed by atoms with Crippen LogP contribution in [0.15, 0.2) is 40.8 Å². The molecule has 1 saturated heterocycles. The Balaban J connectivity index is 1.45. The predicted molar refractivity (Wildman–Crippen MR) is 104 cm³/mol. The van der Waals surface area contributed by atoms with Crippen LogP contribution in [0, 0.1) is 0 Å². The van der Waals surface area contributed by atoms with Crippen LogP contribution in [-0.2, 0) is 10.5 Å². The highest BCUT2D eigenvalue weighted by atomic mass is 35.5. The molecule has 1 aliphatic rings. The molecule has 0 saturated carbocycles. The summed E-state index contributed by atoms with van der Waals surface area (Å²) in [7, 11) is 0. The van der Waals surface area contributed by atoms with Gasteiger partial charge in [0.05, 0.1) is 5.75 Å². The molecule has 1 fully saturated rings. The third-order valence-corrected chi connectivity index (χ3v) is 5.68. The molecule has 0 bridgehead atoms. The van der Waals surface area contributed by atoms with Gasteiger partial charge in [-0.1, -0.05) is 17.7 Å². The molecular weight excluding hydrogens is 356 g/mol. The minimum Gasteiger partial charge on any atom is -0.456 e. The molecule has 0 spiro atoms. The number of piperazine rings is 1. The molecule has 3 aromatic rings. The molecule has 2 aromatic carbocycles. The molecule has 1 aromatic heterocycles. The molecule has 2 heterocycles. The van der Waals surface area contributed by atoms with Crippen LogP contribution in [0.5, 0.6) is 0 Å². The predicted octanol–water partition coefficient (Wildman–Crippen LogP) is 3.90. The van der Waals surface area contributed by atoms with Crippen molar-refractivity contribution in [1.82, 2.24) is 10.2 Å². The van der Waals surface area contributed by atoms with Gasteiger partial charge in [-0.05, 0) is 35.9 Å². The number of carbonyl (C=O) groups excluding carboxylic acids is 1. The number of halogens is 1. The van der Waals surface area contributed by atoms with Crippen LogP contribution in [0.25, 0.3) is 21.9 Å². The Kier molecular flexibility index (Phi) is 4.88. The van der Waals surface area contributed by atoms with Crippen LogP contribution < -0.4 is 5.32 Å². The molecule has 4 nitrogen and oxygen atoms in total. The largest absolute Gasteiger partial charge is 0.456 e. The van der Waals surface area contributed by atoms with Gasteiger partial charge in [-0.2, -0.15) is 0 Å². The van der Waals surface area contributed by atoms with E-state index < -0.39 is 0 Å². The molecule has 130 valence electrons. The summed E-state index contributed by atoms with van der Waals surface area (Å²) in [6.07, 6.45) is 0. The number of furan rings is 1. The molecular formula is C19H19ClN2O2S. The van der Waals surface area contributed by atoms with Crippen LogP contribution in [0.3, 0.4) is 0 Å². The maximum Gasteiger partial charge on any atom is 0.232 e. The minimum absolute atomic E-state index is 0.230. The van der Waals surface area contributed by atoms with Crippen molar-refractivity contribution in [2.24, 2.45) is 0 Å². The number of carbonyl (C=O) groups is 1. The molecule has 0 radical (unpaired) electrons. The Morgan fingerprint density at radius 2 is 1.84 bits per heavy atom. The smallest absolute Gasteiger partial charge is 0.232 e. The molecule has 25 heavy (non-hydrogen) atoms. The lowest BCUT2D eigenvalue weighted by Crippen LogP contribution is -2.47. The number of nitrogens with one attached hydrogen (secondary N) is 1. The van der Waals surface area contributed by atoms with Gasteiger partial charge in [0.1, 0.15) is 11.2 Å². The van der Waals surface area contributed by atoms with Gasteiger partial charge >= 0.3 is 0 Å². The fourth-order valence-corrected chi connectivity index (χ4v) is 4.19. The third-order valence-electron chi connectivity index (χ3n) is 4.46. The SMILES string of the molecule is O=C(CSCc1ccc2oc3ccc(Cl)cc3c2c1)N1CCNCC1. The van der Waals surface area contributed by atoms with E-state index in [1.807, 2.05) is 29.2 Å². The zero-order valence-electron chi connectivity index (χ0n) is 13.8. The highest BCUT2D eigenvalue weighted by molar-refractivity contribution is 7.99. The first-order valence-corrected chi connectivity index (χ1v) is 9.91. The average molecular weight is 375 g/mol. The van der Waals surface area contributed by atoms with Gasteiger partial charge in [-0.3, -0.25) is 4.79 Å². The standard InChI is InChI=1S/C19H19ClN2O2S/c20-14-2-4-18-16(10-14)15-9-13(1-3-17(15)24-18)11-25-12-19(23)22-7-5-21-6-8-22/h1-4,9-10,21H,5-8,11-12H2. The topological polar surface area (TPSA) is 45.5 Å². The van der Waals surface area contributed by atoms with Crippen molar-refractivity contribution in [1.29, 1.82) is 0 Å². The summed E-state index contributed by atoms with van der Waals surface area (Å²) in [5.74, 6) is 1.56. The number of rotatable bonds is 4. The average Bonchev–Trinajstić information content (AvgIpc) is 3.00. The molecule has 0 aliphatic carbocycles. The van der Waals surface area contributed by atoms with E-state index in [0.717, 1.165) is 53.9 Å². The number of benzene rings is 2. The van der Waals surface area contributed by atoms with E-state index in [0.29, 0.717) is 10.8 Å². The van der Waals surface area contributed by atoms with E-state index in [2.05, 4.69) is 17.4 Å². The molecule has 1 aliphatic heterocycles. The molecule has 0 atom stereocenters. The maximum absolute atomic E-state index is 12.2. The van der Waals surface area contributed by atoms with Crippen molar-refractivity contribution in [3.05, 3.63) is 47.0 Å². The van der Waals surface area contributed by atoms with Crippen molar-refractivity contribution >= 4 is 51.2 Å². The molecule has 0 unspecified atom stereocenters. The summed E-state index contributed by atoms with van der Waals surface area (Å²) in [6, 6.07) is 11.9. The van der Waals surface area contributed by atoms with E-state index in [1.165, 1.54) is 5.56 Å². The minimum atomic E-state index is 0.230. The highest BCUT2D eigenvalue weighted by Crippen LogP contribution is 2.32. The van der Waals surface area contributed by atoms with Crippen molar-refractivity contribution in [2.75, 3.05) is 31.9 Å². The van der Waals surface area contributed by atoms with Gasteiger partial charge < -0.3 is 14.6 Å². The van der Waals surface area contributed by atoms with Crippen molar-refractivity contribution < 1.29 is 9.21 Å². The number of hydrogen-bond donors (Lipinski definition) is 1. The molecule has 1 N–H and O–H groups in total. The second-order valence-electron chi connectivity index (χ2n) is 6.20. The van der Waals surface area contributed by atoms with Crippen LogP contribution in [0.2, 0.25) is 5.02 Å². The quantitative estimate of drug-likeness (QED) is 0.752. The lowest BCUT2D eigenvalue weighted by atomic mass is 10.1. The second-order valence-corrected chi connectivity index (χ2v) is 7.62. The molecule has 1 amide bonds. The van der Waals surface area contributed by atoms with Gasteiger partial charge in [0.15, 0.2) is 0 Å². The molecule has 4 rings (SSSR count). The highest BCUT2D eigenvalue weighted by Gasteiger charge is 2.16. The van der Waals surface area contributed by atoms with Gasteiger partial charge in [0.25, 0.3) is 0 Å². The van der Waals surface area contributed by atoms with Crippen LogP contribution in [0.4, 0.5) is 0 Å². The summed E-state index contributed by atoms with van der Waals surface area (Å²) < 4.78 is 5.85. The van der Waals surface area contributed by atoms with E-state index in [9.17, 15) is 4.79 Å². The summed E-state index contributed by atoms with van der Waals surface area (Å²) in [6.45, 7) is 3.41. The van der Waals surface area contributed by atoms with Crippen LogP contribution in [-0.4, -0.2) is 42.7 Å². The van der Waals surface area contributed by atoms with E-state index in [-0.39, 0.29) is 5.91 Å². The van der Waals surface area contributed by atoms with Gasteiger partial charge in [0.2, 0.25) is 5.91 Å². The number of hydrogen-bond acceptors (Lipinski definition) is 4. The van der Waals surface area contributed by atoms with Gasteiger partial charge in [-0.15, -0.1) is 11.8 Å².